The maximum atomic E-state index is 5.26. The molecule has 2 aromatic heterocycles. The van der Waals surface area contributed by atoms with Crippen molar-refractivity contribution in [2.75, 3.05) is 32.1 Å². The first-order chi connectivity index (χ1) is 14.2. The number of benzene rings is 1. The van der Waals surface area contributed by atoms with E-state index < -0.39 is 0 Å². The van der Waals surface area contributed by atoms with Crippen molar-refractivity contribution in [3.63, 3.8) is 0 Å². The highest BCUT2D eigenvalue weighted by molar-refractivity contribution is 5.65. The fourth-order valence-corrected chi connectivity index (χ4v) is 3.72. The van der Waals surface area contributed by atoms with Gasteiger partial charge in [0.1, 0.15) is 5.75 Å². The van der Waals surface area contributed by atoms with Crippen LogP contribution in [0.1, 0.15) is 24.1 Å². The van der Waals surface area contributed by atoms with E-state index in [-0.39, 0.29) is 0 Å². The van der Waals surface area contributed by atoms with E-state index in [2.05, 4.69) is 38.9 Å². The third kappa shape index (κ3) is 4.71. The summed E-state index contributed by atoms with van der Waals surface area (Å²) in [7, 11) is 3.81. The molecular weight excluding hydrogens is 362 g/mol. The second-order valence-corrected chi connectivity index (χ2v) is 7.48. The Hall–Kier alpha value is -2.99. The van der Waals surface area contributed by atoms with Crippen molar-refractivity contribution in [2.24, 2.45) is 0 Å². The summed E-state index contributed by atoms with van der Waals surface area (Å²) in [6.45, 7) is 3.65. The molecule has 6 heteroatoms. The molecule has 3 heterocycles. The summed E-state index contributed by atoms with van der Waals surface area (Å²) in [5.74, 6) is 1.72. The molecule has 1 aliphatic rings. The Kier molecular flexibility index (Phi) is 6.00. The molecule has 3 aromatic rings. The van der Waals surface area contributed by atoms with Gasteiger partial charge in [0.05, 0.1) is 12.8 Å². The molecule has 0 saturated carbocycles. The molecule has 0 amide bonds. The highest BCUT2D eigenvalue weighted by Crippen LogP contribution is 2.26. The standard InChI is InChI=1S/C23H27N5O/c1-27(16-18-5-7-20(29-2)8-6-18)17-22-21(19-9-11-24-12-10-19)15-25-23(26-22)28-13-3-4-14-28/h5-12,15H,3-4,13-14,16-17H2,1-2H3. The number of methoxy groups -OCH3 is 1. The van der Waals surface area contributed by atoms with Crippen molar-refractivity contribution in [1.82, 2.24) is 19.9 Å². The fourth-order valence-electron chi connectivity index (χ4n) is 3.72. The number of pyridine rings is 1. The van der Waals surface area contributed by atoms with Crippen LogP contribution in [0.2, 0.25) is 0 Å². The number of nitrogens with zero attached hydrogens (tertiary/aromatic N) is 5. The van der Waals surface area contributed by atoms with Crippen LogP contribution in [-0.2, 0) is 13.1 Å². The highest BCUT2D eigenvalue weighted by Gasteiger charge is 2.18. The summed E-state index contributed by atoms with van der Waals surface area (Å²) in [6, 6.07) is 12.2. The van der Waals surface area contributed by atoms with Gasteiger partial charge in [0, 0.05) is 50.3 Å². The van der Waals surface area contributed by atoms with Crippen LogP contribution < -0.4 is 9.64 Å². The van der Waals surface area contributed by atoms with Gasteiger partial charge in [-0.25, -0.2) is 9.97 Å². The van der Waals surface area contributed by atoms with Crippen LogP contribution in [0.3, 0.4) is 0 Å². The predicted octanol–water partition coefficient (Wildman–Crippen LogP) is 3.78. The second kappa shape index (κ2) is 9.01. The molecule has 0 aliphatic carbocycles. The second-order valence-electron chi connectivity index (χ2n) is 7.48. The largest absolute Gasteiger partial charge is 0.497 e. The quantitative estimate of drug-likeness (QED) is 0.613. The lowest BCUT2D eigenvalue weighted by molar-refractivity contribution is 0.315. The highest BCUT2D eigenvalue weighted by atomic mass is 16.5. The van der Waals surface area contributed by atoms with E-state index in [9.17, 15) is 0 Å². The van der Waals surface area contributed by atoms with E-state index in [1.165, 1.54) is 18.4 Å². The van der Waals surface area contributed by atoms with Crippen LogP contribution in [0.5, 0.6) is 5.75 Å². The van der Waals surface area contributed by atoms with Crippen LogP contribution in [0.25, 0.3) is 11.1 Å². The summed E-state index contributed by atoms with van der Waals surface area (Å²) in [6.07, 6.45) is 8.01. The molecule has 0 bridgehead atoms. The summed E-state index contributed by atoms with van der Waals surface area (Å²) in [5, 5.41) is 0. The number of rotatable bonds is 7. The van der Waals surface area contributed by atoms with Gasteiger partial charge < -0.3 is 9.64 Å². The van der Waals surface area contributed by atoms with E-state index in [0.717, 1.165) is 54.7 Å². The van der Waals surface area contributed by atoms with Gasteiger partial charge in [-0.2, -0.15) is 0 Å². The molecule has 1 aromatic carbocycles. The molecule has 29 heavy (non-hydrogen) atoms. The number of hydrogen-bond acceptors (Lipinski definition) is 6. The summed E-state index contributed by atoms with van der Waals surface area (Å²) >= 11 is 0. The van der Waals surface area contributed by atoms with Gasteiger partial charge in [0.15, 0.2) is 0 Å². The van der Waals surface area contributed by atoms with E-state index in [1.54, 1.807) is 7.11 Å². The zero-order valence-electron chi connectivity index (χ0n) is 17.1. The number of aromatic nitrogens is 3. The fraction of sp³-hybridized carbons (Fsp3) is 0.348. The smallest absolute Gasteiger partial charge is 0.225 e. The minimum absolute atomic E-state index is 0.743. The molecule has 0 unspecified atom stereocenters. The van der Waals surface area contributed by atoms with Gasteiger partial charge in [-0.3, -0.25) is 9.88 Å². The van der Waals surface area contributed by atoms with E-state index >= 15 is 0 Å². The van der Waals surface area contributed by atoms with E-state index in [1.807, 2.05) is 42.9 Å². The number of ether oxygens (including phenoxy) is 1. The topological polar surface area (TPSA) is 54.4 Å². The molecule has 0 spiro atoms. The van der Waals surface area contributed by atoms with Gasteiger partial charge >= 0.3 is 0 Å². The normalized spacial score (nSPS) is 13.8. The minimum Gasteiger partial charge on any atom is -0.497 e. The average molecular weight is 390 g/mol. The van der Waals surface area contributed by atoms with E-state index in [0.29, 0.717) is 0 Å². The van der Waals surface area contributed by atoms with Gasteiger partial charge in [-0.05, 0) is 55.3 Å². The predicted molar refractivity (Wildman–Crippen MR) is 115 cm³/mol. The minimum atomic E-state index is 0.743. The van der Waals surface area contributed by atoms with Crippen LogP contribution in [0, 0.1) is 0 Å². The lowest BCUT2D eigenvalue weighted by atomic mass is 10.1. The van der Waals surface area contributed by atoms with Gasteiger partial charge in [0.2, 0.25) is 5.95 Å². The lowest BCUT2D eigenvalue weighted by Crippen LogP contribution is -2.23. The van der Waals surface area contributed by atoms with Crippen LogP contribution in [0.4, 0.5) is 5.95 Å². The maximum absolute atomic E-state index is 5.26. The molecule has 0 N–H and O–H groups in total. The molecular formula is C23H27N5O. The zero-order chi connectivity index (χ0) is 20.1. The maximum Gasteiger partial charge on any atom is 0.225 e. The zero-order valence-corrected chi connectivity index (χ0v) is 17.1. The lowest BCUT2D eigenvalue weighted by Gasteiger charge is -2.21. The first-order valence-corrected chi connectivity index (χ1v) is 10.1. The Morgan fingerprint density at radius 1 is 1.00 bits per heavy atom. The third-order valence-electron chi connectivity index (χ3n) is 5.27. The van der Waals surface area contributed by atoms with Gasteiger partial charge in [-0.1, -0.05) is 12.1 Å². The summed E-state index contributed by atoms with van der Waals surface area (Å²) in [4.78, 5) is 18.3. The first kappa shape index (κ1) is 19.3. The Bertz CT molecular complexity index is 924. The first-order valence-electron chi connectivity index (χ1n) is 10.1. The number of hydrogen-bond donors (Lipinski definition) is 0. The Morgan fingerprint density at radius 2 is 1.72 bits per heavy atom. The molecule has 150 valence electrons. The van der Waals surface area contributed by atoms with Crippen molar-refractivity contribution < 1.29 is 4.74 Å². The Labute approximate surface area is 172 Å². The van der Waals surface area contributed by atoms with E-state index in [4.69, 9.17) is 9.72 Å². The van der Waals surface area contributed by atoms with Crippen LogP contribution in [0.15, 0.2) is 55.0 Å². The van der Waals surface area contributed by atoms with Crippen LogP contribution in [-0.4, -0.2) is 47.1 Å². The average Bonchev–Trinajstić information content (AvgIpc) is 3.30. The summed E-state index contributed by atoms with van der Waals surface area (Å²) < 4.78 is 5.26. The van der Waals surface area contributed by atoms with Gasteiger partial charge in [-0.15, -0.1) is 0 Å². The van der Waals surface area contributed by atoms with Crippen molar-refractivity contribution >= 4 is 5.95 Å². The number of anilines is 1. The van der Waals surface area contributed by atoms with Crippen molar-refractivity contribution in [3.8, 4) is 16.9 Å². The third-order valence-corrected chi connectivity index (χ3v) is 5.27. The van der Waals surface area contributed by atoms with Crippen molar-refractivity contribution in [1.29, 1.82) is 0 Å². The van der Waals surface area contributed by atoms with Crippen LogP contribution >= 0.6 is 0 Å². The molecule has 1 aliphatic heterocycles. The van der Waals surface area contributed by atoms with Crippen molar-refractivity contribution in [3.05, 3.63) is 66.2 Å². The molecule has 1 saturated heterocycles. The monoisotopic (exact) mass is 389 g/mol. The molecule has 0 atom stereocenters. The van der Waals surface area contributed by atoms with Gasteiger partial charge in [0.25, 0.3) is 0 Å². The Balaban J connectivity index is 1.57. The molecule has 4 rings (SSSR count). The van der Waals surface area contributed by atoms with Crippen molar-refractivity contribution in [2.45, 2.75) is 25.9 Å². The molecule has 6 nitrogen and oxygen atoms in total. The Morgan fingerprint density at radius 3 is 2.41 bits per heavy atom. The summed E-state index contributed by atoms with van der Waals surface area (Å²) in [5.41, 5.74) is 4.45. The molecule has 1 fully saturated rings. The molecule has 0 radical (unpaired) electrons. The SMILES string of the molecule is COc1ccc(CN(C)Cc2nc(N3CCCC3)ncc2-c2ccncc2)cc1.